The third-order valence-electron chi connectivity index (χ3n) is 0. The highest BCUT2D eigenvalue weighted by Gasteiger charge is 1.95. The molecule has 0 radical (unpaired) electrons. The molecular formula is C4H17NO3. The van der Waals surface area contributed by atoms with Crippen molar-refractivity contribution in [2.75, 3.05) is 0 Å². The van der Waals surface area contributed by atoms with Gasteiger partial charge in [0.25, 0.3) is 0 Å². The molecule has 0 spiro atoms. The smallest absolute Gasteiger partial charge is 0.00686 e. The van der Waals surface area contributed by atoms with Crippen LogP contribution in [-0.2, 0) is 0 Å². The van der Waals surface area contributed by atoms with Crippen LogP contribution in [0.4, 0.5) is 0 Å². The first kappa shape index (κ1) is 24.9. The van der Waals surface area contributed by atoms with E-state index in [1.54, 1.807) is 0 Å². The van der Waals surface area contributed by atoms with Gasteiger partial charge in [-0.15, -0.1) is 0 Å². The monoisotopic (exact) mass is 127 g/mol. The summed E-state index contributed by atoms with van der Waals surface area (Å²) in [7, 11) is 0. The molecule has 0 amide bonds. The van der Waals surface area contributed by atoms with E-state index >= 15 is 0 Å². The maximum absolute atomic E-state index is 5.35. The van der Waals surface area contributed by atoms with Crippen LogP contribution in [0.3, 0.4) is 0 Å². The van der Waals surface area contributed by atoms with Crippen LogP contribution in [0.1, 0.15) is 20.8 Å². The molecule has 4 nitrogen and oxygen atoms in total. The molecule has 0 aliphatic rings. The number of rotatable bonds is 0. The molecule has 0 fully saturated rings. The van der Waals surface area contributed by atoms with Gasteiger partial charge in [0.2, 0.25) is 0 Å². The van der Waals surface area contributed by atoms with Crippen LogP contribution in [0.5, 0.6) is 0 Å². The van der Waals surface area contributed by atoms with Crippen molar-refractivity contribution in [3.8, 4) is 0 Å². The Morgan fingerprint density at radius 2 is 0.875 bits per heavy atom. The van der Waals surface area contributed by atoms with E-state index < -0.39 is 0 Å². The molecule has 56 valence electrons. The molecule has 0 bridgehead atoms. The highest BCUT2D eigenvalue weighted by atomic mass is 16.0. The van der Waals surface area contributed by atoms with Crippen LogP contribution < -0.4 is 5.73 Å². The summed E-state index contributed by atoms with van der Waals surface area (Å²) in [5.41, 5.74) is 5.35. The van der Waals surface area contributed by atoms with Gasteiger partial charge >= 0.3 is 0 Å². The minimum Gasteiger partial charge on any atom is -0.412 e. The Hall–Kier alpha value is -0.160. The second-order valence-corrected chi connectivity index (χ2v) is 2.37. The lowest BCUT2D eigenvalue weighted by Gasteiger charge is -2.06. The molecule has 0 heterocycles. The molecular weight excluding hydrogens is 110 g/mol. The van der Waals surface area contributed by atoms with Crippen molar-refractivity contribution < 1.29 is 16.4 Å². The normalized spacial score (nSPS) is 7.50. The van der Waals surface area contributed by atoms with Crippen LogP contribution in [0.25, 0.3) is 0 Å². The van der Waals surface area contributed by atoms with Gasteiger partial charge in [0.15, 0.2) is 0 Å². The second-order valence-electron chi connectivity index (χ2n) is 2.37. The van der Waals surface area contributed by atoms with E-state index in [1.807, 2.05) is 20.8 Å². The molecule has 0 aliphatic heterocycles. The average Bonchev–Trinajstić information content (AvgIpc) is 0.722. The van der Waals surface area contributed by atoms with Crippen LogP contribution in [0.15, 0.2) is 0 Å². The zero-order valence-corrected chi connectivity index (χ0v) is 5.58. The van der Waals surface area contributed by atoms with Crippen molar-refractivity contribution in [1.82, 2.24) is 0 Å². The summed E-state index contributed by atoms with van der Waals surface area (Å²) >= 11 is 0. The first-order chi connectivity index (χ1) is 2.00. The van der Waals surface area contributed by atoms with Gasteiger partial charge in [0.05, 0.1) is 0 Å². The third kappa shape index (κ3) is 5340. The summed E-state index contributed by atoms with van der Waals surface area (Å²) in [6.07, 6.45) is 0. The van der Waals surface area contributed by atoms with Crippen molar-refractivity contribution in [3.63, 3.8) is 0 Å². The summed E-state index contributed by atoms with van der Waals surface area (Å²) in [5.74, 6) is 0. The predicted molar refractivity (Wildman–Crippen MR) is 34.8 cm³/mol. The van der Waals surface area contributed by atoms with Gasteiger partial charge < -0.3 is 22.2 Å². The van der Waals surface area contributed by atoms with Crippen molar-refractivity contribution >= 4 is 0 Å². The van der Waals surface area contributed by atoms with E-state index in [2.05, 4.69) is 0 Å². The Labute approximate surface area is 49.6 Å². The largest absolute Gasteiger partial charge is 0.412 e. The maximum Gasteiger partial charge on any atom is 0.00686 e. The summed E-state index contributed by atoms with van der Waals surface area (Å²) in [6.45, 7) is 5.90. The zero-order chi connectivity index (χ0) is 4.50. The molecule has 0 saturated heterocycles. The summed E-state index contributed by atoms with van der Waals surface area (Å²) in [6, 6.07) is 0. The SMILES string of the molecule is CC(C)(C)N.O.O.O. The lowest BCUT2D eigenvalue weighted by Crippen LogP contribution is -2.26. The summed E-state index contributed by atoms with van der Waals surface area (Å²) in [5, 5.41) is 0. The summed E-state index contributed by atoms with van der Waals surface area (Å²) < 4.78 is 0. The first-order valence-corrected chi connectivity index (χ1v) is 1.79. The Morgan fingerprint density at radius 1 is 0.875 bits per heavy atom. The van der Waals surface area contributed by atoms with Gasteiger partial charge in [-0.3, -0.25) is 0 Å². The molecule has 4 heteroatoms. The molecule has 0 aliphatic carbocycles. The van der Waals surface area contributed by atoms with E-state index in [4.69, 9.17) is 5.73 Å². The maximum atomic E-state index is 5.35. The van der Waals surface area contributed by atoms with E-state index in [-0.39, 0.29) is 22.0 Å². The molecule has 0 saturated carbocycles. The van der Waals surface area contributed by atoms with Gasteiger partial charge in [0, 0.05) is 5.54 Å². The van der Waals surface area contributed by atoms with E-state index in [9.17, 15) is 0 Å². The minimum atomic E-state index is 0. The van der Waals surface area contributed by atoms with Crippen LogP contribution >= 0.6 is 0 Å². The van der Waals surface area contributed by atoms with Gasteiger partial charge in [-0.25, -0.2) is 0 Å². The second kappa shape index (κ2) is 6.84. The Bertz CT molecular complexity index is 26.8. The van der Waals surface area contributed by atoms with E-state index in [0.717, 1.165) is 0 Å². The molecule has 8 N–H and O–H groups in total. The lowest BCUT2D eigenvalue weighted by atomic mass is 10.1. The number of hydrogen-bond donors (Lipinski definition) is 1. The fourth-order valence-corrected chi connectivity index (χ4v) is 0. The fourth-order valence-electron chi connectivity index (χ4n) is 0. The molecule has 0 unspecified atom stereocenters. The summed E-state index contributed by atoms with van der Waals surface area (Å²) in [4.78, 5) is 0. The molecule has 8 heavy (non-hydrogen) atoms. The van der Waals surface area contributed by atoms with Gasteiger partial charge in [-0.05, 0) is 20.8 Å². The fraction of sp³-hybridized carbons (Fsp3) is 1.00. The van der Waals surface area contributed by atoms with Gasteiger partial charge in [-0.1, -0.05) is 0 Å². The van der Waals surface area contributed by atoms with E-state index in [0.29, 0.717) is 0 Å². The van der Waals surface area contributed by atoms with Crippen molar-refractivity contribution in [2.24, 2.45) is 5.73 Å². The molecule has 0 aromatic rings. The Balaban J connectivity index is -0.0000000267. The van der Waals surface area contributed by atoms with Crippen LogP contribution in [0, 0.1) is 0 Å². The highest BCUT2D eigenvalue weighted by Crippen LogP contribution is 1.88. The van der Waals surface area contributed by atoms with Crippen molar-refractivity contribution in [3.05, 3.63) is 0 Å². The molecule has 0 rings (SSSR count). The van der Waals surface area contributed by atoms with Gasteiger partial charge in [0.1, 0.15) is 0 Å². The minimum absolute atomic E-state index is 0. The standard InChI is InChI=1S/C4H11N.3H2O/c1-4(2,3)5;;;/h5H2,1-3H3;3*1H2. The first-order valence-electron chi connectivity index (χ1n) is 1.79. The van der Waals surface area contributed by atoms with Gasteiger partial charge in [-0.2, -0.15) is 0 Å². The number of nitrogens with two attached hydrogens (primary N) is 1. The Morgan fingerprint density at radius 3 is 0.875 bits per heavy atom. The highest BCUT2D eigenvalue weighted by molar-refractivity contribution is 4.60. The van der Waals surface area contributed by atoms with Crippen molar-refractivity contribution in [1.29, 1.82) is 0 Å². The Kier molecular flexibility index (Phi) is 21.3. The average molecular weight is 127 g/mol. The quantitative estimate of drug-likeness (QED) is 0.408. The van der Waals surface area contributed by atoms with Crippen LogP contribution in [-0.4, -0.2) is 22.0 Å². The molecule has 0 aromatic carbocycles. The third-order valence-corrected chi connectivity index (χ3v) is 0. The van der Waals surface area contributed by atoms with Crippen LogP contribution in [0.2, 0.25) is 0 Å². The topological polar surface area (TPSA) is 121 Å². The molecule has 0 aromatic heterocycles. The number of hydrogen-bond acceptors (Lipinski definition) is 1. The van der Waals surface area contributed by atoms with E-state index in [1.165, 1.54) is 0 Å². The zero-order valence-electron chi connectivity index (χ0n) is 5.58. The predicted octanol–water partition coefficient (Wildman–Crippen LogP) is -1.73. The van der Waals surface area contributed by atoms with Crippen molar-refractivity contribution in [2.45, 2.75) is 26.3 Å². The lowest BCUT2D eigenvalue weighted by molar-refractivity contribution is 0.580. The molecule has 0 atom stereocenters.